The van der Waals surface area contributed by atoms with Crippen LogP contribution in [0, 0.1) is 11.3 Å². The van der Waals surface area contributed by atoms with Crippen molar-refractivity contribution >= 4 is 12.0 Å². The lowest BCUT2D eigenvalue weighted by Crippen LogP contribution is -2.12. The molecule has 0 atom stereocenters. The topological polar surface area (TPSA) is 94.6 Å². The molecule has 6 nitrogen and oxygen atoms in total. The molecule has 19 heavy (non-hydrogen) atoms. The first kappa shape index (κ1) is 14.4. The average Bonchev–Trinajstić information content (AvgIpc) is 2.42. The van der Waals surface area contributed by atoms with Crippen molar-refractivity contribution in [2.24, 2.45) is 5.73 Å². The molecule has 1 aromatic rings. The van der Waals surface area contributed by atoms with Gasteiger partial charge >= 0.3 is 0 Å². The summed E-state index contributed by atoms with van der Waals surface area (Å²) in [6, 6.07) is 5.01. The fraction of sp³-hybridized carbons (Fsp3) is 0.231. The van der Waals surface area contributed by atoms with Crippen LogP contribution in [0.1, 0.15) is 5.56 Å². The maximum atomic E-state index is 11.0. The Kier molecular flexibility index (Phi) is 4.77. The van der Waals surface area contributed by atoms with Crippen LogP contribution in [0.5, 0.6) is 17.2 Å². The standard InChI is InChI=1S/C13H14N2O4/c1-17-10-5-4-8(6-9(7-14)13(15)16)11(18-2)12(10)19-3/h4-6H,1-3H3,(H2,15,16)/b9-6+. The van der Waals surface area contributed by atoms with Gasteiger partial charge in [0.15, 0.2) is 11.5 Å². The van der Waals surface area contributed by atoms with Crippen LogP contribution in [-0.2, 0) is 4.79 Å². The number of primary amides is 1. The fourth-order valence-corrected chi connectivity index (χ4v) is 1.55. The lowest BCUT2D eigenvalue weighted by Gasteiger charge is -2.14. The van der Waals surface area contributed by atoms with Gasteiger partial charge in [0.1, 0.15) is 11.6 Å². The summed E-state index contributed by atoms with van der Waals surface area (Å²) in [7, 11) is 4.41. The van der Waals surface area contributed by atoms with Crippen LogP contribution >= 0.6 is 0 Å². The van der Waals surface area contributed by atoms with Crippen molar-refractivity contribution in [1.82, 2.24) is 0 Å². The lowest BCUT2D eigenvalue weighted by atomic mass is 10.1. The molecule has 0 unspecified atom stereocenters. The normalized spacial score (nSPS) is 10.5. The highest BCUT2D eigenvalue weighted by molar-refractivity contribution is 6.01. The first-order valence-electron chi connectivity index (χ1n) is 5.29. The number of carbonyl (C=O) groups is 1. The molecule has 0 aliphatic carbocycles. The molecule has 0 heterocycles. The van der Waals surface area contributed by atoms with Gasteiger partial charge in [0.2, 0.25) is 5.75 Å². The predicted octanol–water partition coefficient (Wildman–Crippen LogP) is 1.10. The van der Waals surface area contributed by atoms with Crippen LogP contribution in [0.4, 0.5) is 0 Å². The smallest absolute Gasteiger partial charge is 0.259 e. The Morgan fingerprint density at radius 3 is 2.26 bits per heavy atom. The summed E-state index contributed by atoms with van der Waals surface area (Å²) in [4.78, 5) is 11.0. The molecule has 0 radical (unpaired) electrons. The lowest BCUT2D eigenvalue weighted by molar-refractivity contribution is -0.114. The summed E-state index contributed by atoms with van der Waals surface area (Å²) >= 11 is 0. The van der Waals surface area contributed by atoms with Gasteiger partial charge in [-0.3, -0.25) is 4.79 Å². The number of hydrogen-bond acceptors (Lipinski definition) is 5. The molecule has 1 rings (SSSR count). The number of ether oxygens (including phenoxy) is 3. The van der Waals surface area contributed by atoms with Gasteiger partial charge in [-0.05, 0) is 18.2 Å². The molecule has 0 aliphatic heterocycles. The number of rotatable bonds is 5. The van der Waals surface area contributed by atoms with E-state index < -0.39 is 5.91 Å². The van der Waals surface area contributed by atoms with Gasteiger partial charge in [0.25, 0.3) is 5.91 Å². The van der Waals surface area contributed by atoms with Gasteiger partial charge in [-0.1, -0.05) is 0 Å². The second kappa shape index (κ2) is 6.31. The first-order chi connectivity index (χ1) is 9.08. The van der Waals surface area contributed by atoms with Gasteiger partial charge in [-0.25, -0.2) is 0 Å². The van der Waals surface area contributed by atoms with Crippen LogP contribution in [0.2, 0.25) is 0 Å². The van der Waals surface area contributed by atoms with E-state index in [2.05, 4.69) is 0 Å². The summed E-state index contributed by atoms with van der Waals surface area (Å²) in [6.45, 7) is 0. The third kappa shape index (κ3) is 2.96. The zero-order valence-corrected chi connectivity index (χ0v) is 10.9. The molecule has 1 aromatic carbocycles. The summed E-state index contributed by atoms with van der Waals surface area (Å²) in [5, 5.41) is 8.83. The average molecular weight is 262 g/mol. The van der Waals surface area contributed by atoms with E-state index in [4.69, 9.17) is 25.2 Å². The Bertz CT molecular complexity index is 558. The molecule has 0 bridgehead atoms. The van der Waals surface area contributed by atoms with Crippen LogP contribution in [-0.4, -0.2) is 27.2 Å². The largest absolute Gasteiger partial charge is 0.493 e. The van der Waals surface area contributed by atoms with Crippen molar-refractivity contribution < 1.29 is 19.0 Å². The highest BCUT2D eigenvalue weighted by Gasteiger charge is 2.15. The molecule has 0 saturated carbocycles. The van der Waals surface area contributed by atoms with E-state index in [9.17, 15) is 4.79 Å². The number of nitriles is 1. The van der Waals surface area contributed by atoms with E-state index >= 15 is 0 Å². The zero-order chi connectivity index (χ0) is 14.4. The summed E-state index contributed by atoms with van der Waals surface area (Å²) in [6.07, 6.45) is 1.34. The highest BCUT2D eigenvalue weighted by atomic mass is 16.5. The monoisotopic (exact) mass is 262 g/mol. The Balaban J connectivity index is 3.46. The van der Waals surface area contributed by atoms with Gasteiger partial charge in [0, 0.05) is 5.56 Å². The van der Waals surface area contributed by atoms with Gasteiger partial charge in [0.05, 0.1) is 21.3 Å². The molecule has 0 fully saturated rings. The fourth-order valence-electron chi connectivity index (χ4n) is 1.55. The second-order valence-electron chi connectivity index (χ2n) is 3.46. The predicted molar refractivity (Wildman–Crippen MR) is 68.9 cm³/mol. The van der Waals surface area contributed by atoms with E-state index in [1.807, 2.05) is 0 Å². The van der Waals surface area contributed by atoms with E-state index in [-0.39, 0.29) is 5.57 Å². The quantitative estimate of drug-likeness (QED) is 0.633. The number of hydrogen-bond donors (Lipinski definition) is 1. The molecule has 1 amide bonds. The number of nitrogens with two attached hydrogens (primary N) is 1. The van der Waals surface area contributed by atoms with Crippen LogP contribution in [0.25, 0.3) is 6.08 Å². The number of benzene rings is 1. The van der Waals surface area contributed by atoms with Gasteiger partial charge in [-0.15, -0.1) is 0 Å². The van der Waals surface area contributed by atoms with E-state index in [1.165, 1.54) is 27.4 Å². The Labute approximate surface area is 111 Å². The SMILES string of the molecule is COc1ccc(/C=C(\C#N)C(N)=O)c(OC)c1OC. The summed E-state index contributed by atoms with van der Waals surface area (Å²) in [5.41, 5.74) is 5.41. The third-order valence-electron chi connectivity index (χ3n) is 2.42. The molecule has 2 N–H and O–H groups in total. The highest BCUT2D eigenvalue weighted by Crippen LogP contribution is 2.40. The maximum absolute atomic E-state index is 11.0. The number of nitrogens with zero attached hydrogens (tertiary/aromatic N) is 1. The maximum Gasteiger partial charge on any atom is 0.259 e. The molecule has 0 saturated heterocycles. The molecular weight excluding hydrogens is 248 g/mol. The minimum atomic E-state index is -0.806. The van der Waals surface area contributed by atoms with Crippen molar-refractivity contribution in [2.75, 3.05) is 21.3 Å². The molecule has 6 heteroatoms. The minimum absolute atomic E-state index is 0.175. The van der Waals surface area contributed by atoms with E-state index in [0.717, 1.165) is 0 Å². The number of methoxy groups -OCH3 is 3. The Morgan fingerprint density at radius 1 is 1.21 bits per heavy atom. The summed E-state index contributed by atoms with van der Waals surface area (Å²) < 4.78 is 15.6. The van der Waals surface area contributed by atoms with Gasteiger partial charge in [-0.2, -0.15) is 5.26 Å². The van der Waals surface area contributed by atoms with Crippen LogP contribution < -0.4 is 19.9 Å². The van der Waals surface area contributed by atoms with E-state index in [0.29, 0.717) is 22.8 Å². The number of carbonyl (C=O) groups excluding carboxylic acids is 1. The third-order valence-corrected chi connectivity index (χ3v) is 2.42. The Hall–Kier alpha value is -2.68. The summed E-state index contributed by atoms with van der Waals surface area (Å²) in [5.74, 6) is 0.407. The first-order valence-corrected chi connectivity index (χ1v) is 5.29. The number of amides is 1. The second-order valence-corrected chi connectivity index (χ2v) is 3.46. The molecular formula is C13H14N2O4. The molecule has 0 spiro atoms. The molecule has 0 aliphatic rings. The van der Waals surface area contributed by atoms with Crippen molar-refractivity contribution in [3.05, 3.63) is 23.3 Å². The van der Waals surface area contributed by atoms with Crippen LogP contribution in [0.3, 0.4) is 0 Å². The zero-order valence-electron chi connectivity index (χ0n) is 10.9. The van der Waals surface area contributed by atoms with Crippen LogP contribution in [0.15, 0.2) is 17.7 Å². The van der Waals surface area contributed by atoms with Crippen molar-refractivity contribution in [3.8, 4) is 23.3 Å². The van der Waals surface area contributed by atoms with E-state index in [1.54, 1.807) is 18.2 Å². The Morgan fingerprint density at radius 2 is 1.84 bits per heavy atom. The molecule has 100 valence electrons. The van der Waals surface area contributed by atoms with Crippen molar-refractivity contribution in [1.29, 1.82) is 5.26 Å². The van der Waals surface area contributed by atoms with Gasteiger partial charge < -0.3 is 19.9 Å². The van der Waals surface area contributed by atoms with Crippen molar-refractivity contribution in [2.45, 2.75) is 0 Å². The van der Waals surface area contributed by atoms with Crippen molar-refractivity contribution in [3.63, 3.8) is 0 Å². The molecule has 0 aromatic heterocycles. The minimum Gasteiger partial charge on any atom is -0.493 e.